The van der Waals surface area contributed by atoms with Crippen molar-refractivity contribution >= 4 is 17.2 Å². The highest BCUT2D eigenvalue weighted by atomic mass is 32.1. The molecule has 24 heavy (non-hydrogen) atoms. The molecule has 2 fully saturated rings. The average molecular weight is 347 g/mol. The molecule has 2 aromatic heterocycles. The summed E-state index contributed by atoms with van der Waals surface area (Å²) in [4.78, 5) is 20.0. The maximum Gasteiger partial charge on any atom is 0.227 e. The van der Waals surface area contributed by atoms with Crippen LogP contribution >= 0.6 is 11.3 Å². The largest absolute Gasteiger partial charge is 0.381 e. The highest BCUT2D eigenvalue weighted by Crippen LogP contribution is 2.30. The third kappa shape index (κ3) is 3.67. The van der Waals surface area contributed by atoms with Crippen LogP contribution in [0.3, 0.4) is 0 Å². The second-order valence-electron chi connectivity index (χ2n) is 6.50. The molecule has 128 valence electrons. The predicted octanol–water partition coefficient (Wildman–Crippen LogP) is 2.76. The van der Waals surface area contributed by atoms with E-state index in [-0.39, 0.29) is 5.91 Å². The highest BCUT2D eigenvalue weighted by Gasteiger charge is 2.34. The summed E-state index contributed by atoms with van der Waals surface area (Å²) in [6.07, 6.45) is 4.24. The minimum absolute atomic E-state index is 0.195. The van der Waals surface area contributed by atoms with Crippen LogP contribution in [0.5, 0.6) is 0 Å². The molecule has 6 nitrogen and oxygen atoms in total. The van der Waals surface area contributed by atoms with E-state index in [2.05, 4.69) is 15.0 Å². The molecule has 1 saturated heterocycles. The van der Waals surface area contributed by atoms with Crippen LogP contribution in [0.1, 0.15) is 31.6 Å². The van der Waals surface area contributed by atoms with E-state index in [4.69, 9.17) is 9.26 Å². The van der Waals surface area contributed by atoms with Gasteiger partial charge >= 0.3 is 0 Å². The van der Waals surface area contributed by atoms with E-state index in [1.165, 1.54) is 0 Å². The van der Waals surface area contributed by atoms with Crippen molar-refractivity contribution in [2.45, 2.75) is 38.1 Å². The van der Waals surface area contributed by atoms with Crippen LogP contribution in [0.2, 0.25) is 0 Å². The number of hydrogen-bond donors (Lipinski definition) is 0. The average Bonchev–Trinajstić information content (AvgIpc) is 3.06. The lowest BCUT2D eigenvalue weighted by molar-refractivity contribution is -0.132. The van der Waals surface area contributed by atoms with Crippen LogP contribution in [0.15, 0.2) is 22.0 Å². The van der Waals surface area contributed by atoms with Crippen LogP contribution < -0.4 is 0 Å². The van der Waals surface area contributed by atoms with Gasteiger partial charge in [-0.05, 0) is 30.7 Å². The van der Waals surface area contributed by atoms with Crippen LogP contribution in [0.25, 0.3) is 10.7 Å². The fraction of sp³-hybridized carbons (Fsp3) is 0.588. The number of ether oxygens (including phenoxy) is 1. The zero-order chi connectivity index (χ0) is 16.4. The van der Waals surface area contributed by atoms with Gasteiger partial charge in [-0.1, -0.05) is 11.2 Å². The Hall–Kier alpha value is -1.73. The molecule has 3 heterocycles. The number of carbonyl (C=O) groups is 1. The summed E-state index contributed by atoms with van der Waals surface area (Å²) >= 11 is 1.58. The Morgan fingerprint density at radius 3 is 3.00 bits per heavy atom. The van der Waals surface area contributed by atoms with E-state index < -0.39 is 0 Å². The van der Waals surface area contributed by atoms with Crippen LogP contribution in [-0.2, 0) is 16.0 Å². The van der Waals surface area contributed by atoms with Crippen molar-refractivity contribution in [1.82, 2.24) is 15.0 Å². The molecule has 1 aliphatic carbocycles. The molecule has 7 heteroatoms. The molecule has 0 N–H and O–H groups in total. The molecule has 0 unspecified atom stereocenters. The van der Waals surface area contributed by atoms with E-state index in [0.29, 0.717) is 36.5 Å². The number of hydrogen-bond acceptors (Lipinski definition) is 6. The van der Waals surface area contributed by atoms with Crippen LogP contribution in [-0.4, -0.2) is 46.7 Å². The maximum absolute atomic E-state index is 12.6. The van der Waals surface area contributed by atoms with Crippen molar-refractivity contribution in [3.8, 4) is 10.7 Å². The molecule has 0 spiro atoms. The monoisotopic (exact) mass is 347 g/mol. The smallest absolute Gasteiger partial charge is 0.227 e. The number of aromatic nitrogens is 2. The first kappa shape index (κ1) is 15.8. The maximum atomic E-state index is 12.6. The summed E-state index contributed by atoms with van der Waals surface area (Å²) in [6.45, 7) is 2.43. The molecule has 0 aromatic carbocycles. The summed E-state index contributed by atoms with van der Waals surface area (Å²) in [5, 5.41) is 5.98. The summed E-state index contributed by atoms with van der Waals surface area (Å²) in [5.41, 5.74) is 0. The highest BCUT2D eigenvalue weighted by molar-refractivity contribution is 7.13. The van der Waals surface area contributed by atoms with Gasteiger partial charge in [0.05, 0.1) is 11.5 Å². The zero-order valence-corrected chi connectivity index (χ0v) is 14.3. The Labute approximate surface area is 144 Å². The Morgan fingerprint density at radius 1 is 1.38 bits per heavy atom. The summed E-state index contributed by atoms with van der Waals surface area (Å²) in [7, 11) is 0. The van der Waals surface area contributed by atoms with E-state index in [0.717, 1.165) is 43.9 Å². The molecule has 2 aliphatic rings. The molecule has 0 radical (unpaired) electrons. The lowest BCUT2D eigenvalue weighted by Gasteiger charge is -2.25. The van der Waals surface area contributed by atoms with E-state index in [1.807, 2.05) is 17.5 Å². The number of amides is 1. The minimum atomic E-state index is 0.195. The lowest BCUT2D eigenvalue weighted by Crippen LogP contribution is -2.37. The van der Waals surface area contributed by atoms with Gasteiger partial charge in [0, 0.05) is 38.0 Å². The van der Waals surface area contributed by atoms with Crippen LogP contribution in [0, 0.1) is 5.92 Å². The Morgan fingerprint density at radius 2 is 2.29 bits per heavy atom. The van der Waals surface area contributed by atoms with Gasteiger partial charge in [-0.25, -0.2) is 0 Å². The van der Waals surface area contributed by atoms with Gasteiger partial charge in [0.15, 0.2) is 0 Å². The van der Waals surface area contributed by atoms with Gasteiger partial charge in [0.1, 0.15) is 0 Å². The van der Waals surface area contributed by atoms with Crippen molar-refractivity contribution in [2.24, 2.45) is 5.92 Å². The van der Waals surface area contributed by atoms with Gasteiger partial charge in [0.2, 0.25) is 17.6 Å². The molecule has 1 amide bonds. The van der Waals surface area contributed by atoms with Gasteiger partial charge in [-0.2, -0.15) is 4.98 Å². The SMILES string of the molecule is O=C(CCc1nc(-c2cccs2)no1)N(C[C@H]1CCOC1)C1CC1. The second kappa shape index (κ2) is 7.03. The molecule has 2 aromatic rings. The van der Waals surface area contributed by atoms with Gasteiger partial charge in [-0.3, -0.25) is 4.79 Å². The van der Waals surface area contributed by atoms with E-state index in [1.54, 1.807) is 11.3 Å². The van der Waals surface area contributed by atoms with Crippen molar-refractivity contribution in [2.75, 3.05) is 19.8 Å². The molecular formula is C17H21N3O3S. The Balaban J connectivity index is 1.33. The number of rotatable bonds is 7. The summed E-state index contributed by atoms with van der Waals surface area (Å²) < 4.78 is 10.7. The first-order chi connectivity index (χ1) is 11.8. The molecular weight excluding hydrogens is 326 g/mol. The molecule has 1 atom stereocenters. The molecule has 1 aliphatic heterocycles. The van der Waals surface area contributed by atoms with Crippen LogP contribution in [0.4, 0.5) is 0 Å². The standard InChI is InChI=1S/C17H21N3O3S/c21-16(20(13-3-4-13)10-12-7-8-22-11-12)6-5-15-18-17(19-23-15)14-2-1-9-24-14/h1-2,9,12-13H,3-8,10-11H2/t12-/m1/s1. The normalized spacial score (nSPS) is 20.4. The van der Waals surface area contributed by atoms with E-state index in [9.17, 15) is 4.79 Å². The number of nitrogens with zero attached hydrogens (tertiary/aromatic N) is 3. The molecule has 1 saturated carbocycles. The minimum Gasteiger partial charge on any atom is -0.381 e. The molecule has 4 rings (SSSR count). The Kier molecular flexibility index (Phi) is 4.62. The van der Waals surface area contributed by atoms with Crippen molar-refractivity contribution < 1.29 is 14.1 Å². The third-order valence-corrected chi connectivity index (χ3v) is 5.42. The van der Waals surface area contributed by atoms with E-state index >= 15 is 0 Å². The van der Waals surface area contributed by atoms with Crippen molar-refractivity contribution in [3.63, 3.8) is 0 Å². The van der Waals surface area contributed by atoms with Gasteiger partial charge in [-0.15, -0.1) is 11.3 Å². The quantitative estimate of drug-likeness (QED) is 0.770. The van der Waals surface area contributed by atoms with Gasteiger partial charge in [0.25, 0.3) is 0 Å². The third-order valence-electron chi connectivity index (χ3n) is 4.55. The predicted molar refractivity (Wildman–Crippen MR) is 89.6 cm³/mol. The lowest BCUT2D eigenvalue weighted by atomic mass is 10.1. The molecule has 0 bridgehead atoms. The van der Waals surface area contributed by atoms with Crippen molar-refractivity contribution in [3.05, 3.63) is 23.4 Å². The number of carbonyl (C=O) groups excluding carboxylic acids is 1. The van der Waals surface area contributed by atoms with Gasteiger partial charge < -0.3 is 14.2 Å². The fourth-order valence-electron chi connectivity index (χ4n) is 3.07. The summed E-state index contributed by atoms with van der Waals surface area (Å²) in [5.74, 6) is 1.82. The number of thiophene rings is 1. The second-order valence-corrected chi connectivity index (χ2v) is 7.44. The first-order valence-corrected chi connectivity index (χ1v) is 9.41. The fourth-order valence-corrected chi connectivity index (χ4v) is 3.72. The number of aryl methyl sites for hydroxylation is 1. The summed E-state index contributed by atoms with van der Waals surface area (Å²) in [6, 6.07) is 4.35. The first-order valence-electron chi connectivity index (χ1n) is 8.53. The topological polar surface area (TPSA) is 68.5 Å². The zero-order valence-electron chi connectivity index (χ0n) is 13.5. The van der Waals surface area contributed by atoms with Crippen molar-refractivity contribution in [1.29, 1.82) is 0 Å². The Bertz CT molecular complexity index is 675.